The zero-order valence-electron chi connectivity index (χ0n) is 15.8. The maximum atomic E-state index is 10.8. The summed E-state index contributed by atoms with van der Waals surface area (Å²) in [6.07, 6.45) is 0.712. The van der Waals surface area contributed by atoms with Crippen molar-refractivity contribution in [3.63, 3.8) is 0 Å². The number of primary amides is 1. The number of guanidine groups is 1. The van der Waals surface area contributed by atoms with Crippen LogP contribution in [0.1, 0.15) is 11.3 Å². The Morgan fingerprint density at radius 3 is 2.90 bits per heavy atom. The summed E-state index contributed by atoms with van der Waals surface area (Å²) in [5.41, 5.74) is 12.7. The molecule has 0 fully saturated rings. The van der Waals surface area contributed by atoms with Gasteiger partial charge in [0.1, 0.15) is 17.2 Å². The average molecular weight is 414 g/mol. The van der Waals surface area contributed by atoms with Gasteiger partial charge in [-0.1, -0.05) is 18.2 Å². The van der Waals surface area contributed by atoms with Crippen LogP contribution in [0, 0.1) is 0 Å². The quantitative estimate of drug-likeness (QED) is 0.330. The van der Waals surface area contributed by atoms with E-state index in [0.29, 0.717) is 35.3 Å². The topological polar surface area (TPSA) is 141 Å². The Balaban J connectivity index is 1.55. The van der Waals surface area contributed by atoms with Crippen molar-refractivity contribution in [3.05, 3.63) is 53.1 Å². The van der Waals surface area contributed by atoms with Gasteiger partial charge in [0.05, 0.1) is 13.7 Å². The summed E-state index contributed by atoms with van der Waals surface area (Å²) in [5, 5.41) is 7.90. The molecule has 0 aliphatic carbocycles. The summed E-state index contributed by atoms with van der Waals surface area (Å²) in [7, 11) is 1.65. The molecule has 0 atom stereocenters. The van der Waals surface area contributed by atoms with E-state index in [4.69, 9.17) is 20.6 Å². The first-order valence-electron chi connectivity index (χ1n) is 8.82. The number of rotatable bonds is 8. The third-order valence-electron chi connectivity index (χ3n) is 3.95. The number of urea groups is 1. The minimum absolute atomic E-state index is 0.219. The van der Waals surface area contributed by atoms with Crippen LogP contribution in [0.3, 0.4) is 0 Å². The second-order valence-electron chi connectivity index (χ2n) is 5.98. The van der Waals surface area contributed by atoms with Crippen LogP contribution >= 0.6 is 11.3 Å². The zero-order valence-corrected chi connectivity index (χ0v) is 16.7. The molecule has 29 heavy (non-hydrogen) atoms. The van der Waals surface area contributed by atoms with E-state index in [1.165, 1.54) is 11.3 Å². The number of ether oxygens (including phenoxy) is 1. The van der Waals surface area contributed by atoms with Gasteiger partial charge in [-0.25, -0.2) is 9.78 Å². The molecule has 0 aliphatic rings. The SMILES string of the molecule is COc1ccccc1CCN=C(N)Nc1nc(-c2ccc(CNC(N)=O)o2)cs1. The number of benzene rings is 1. The predicted molar refractivity (Wildman–Crippen MR) is 113 cm³/mol. The van der Waals surface area contributed by atoms with Crippen LogP contribution < -0.4 is 26.8 Å². The first kappa shape index (κ1) is 20.2. The predicted octanol–water partition coefficient (Wildman–Crippen LogP) is 2.55. The van der Waals surface area contributed by atoms with Crippen molar-refractivity contribution in [1.29, 1.82) is 0 Å². The number of para-hydroxylation sites is 1. The van der Waals surface area contributed by atoms with Crippen LogP contribution in [0.25, 0.3) is 11.5 Å². The summed E-state index contributed by atoms with van der Waals surface area (Å²) in [6.45, 7) is 0.738. The molecule has 0 bridgehead atoms. The van der Waals surface area contributed by atoms with Crippen molar-refractivity contribution >= 4 is 28.5 Å². The number of hydrogen-bond donors (Lipinski definition) is 4. The van der Waals surface area contributed by atoms with E-state index in [9.17, 15) is 4.79 Å². The van der Waals surface area contributed by atoms with Crippen LogP contribution in [0.2, 0.25) is 0 Å². The van der Waals surface area contributed by atoms with Gasteiger partial charge in [0.2, 0.25) is 0 Å². The van der Waals surface area contributed by atoms with Gasteiger partial charge in [0, 0.05) is 11.9 Å². The van der Waals surface area contributed by atoms with Crippen molar-refractivity contribution in [2.75, 3.05) is 19.0 Å². The van der Waals surface area contributed by atoms with Gasteiger partial charge in [0.15, 0.2) is 16.9 Å². The van der Waals surface area contributed by atoms with Crippen LogP contribution in [-0.4, -0.2) is 30.6 Å². The van der Waals surface area contributed by atoms with Gasteiger partial charge in [-0.2, -0.15) is 0 Å². The van der Waals surface area contributed by atoms with Gasteiger partial charge in [-0.3, -0.25) is 4.99 Å². The number of nitrogens with zero attached hydrogens (tertiary/aromatic N) is 2. The maximum Gasteiger partial charge on any atom is 0.312 e. The number of hydrogen-bond acceptors (Lipinski definition) is 6. The molecule has 0 saturated carbocycles. The minimum atomic E-state index is -0.608. The fourth-order valence-electron chi connectivity index (χ4n) is 2.58. The van der Waals surface area contributed by atoms with E-state index in [0.717, 1.165) is 11.3 Å². The monoisotopic (exact) mass is 414 g/mol. The Labute approximate surface area is 171 Å². The number of amides is 2. The second-order valence-corrected chi connectivity index (χ2v) is 6.83. The molecule has 2 amide bonds. The number of aromatic nitrogens is 1. The van der Waals surface area contributed by atoms with E-state index in [1.54, 1.807) is 19.2 Å². The van der Waals surface area contributed by atoms with E-state index < -0.39 is 6.03 Å². The lowest BCUT2D eigenvalue weighted by atomic mass is 10.1. The highest BCUT2D eigenvalue weighted by molar-refractivity contribution is 7.14. The molecule has 3 rings (SSSR count). The number of thiazole rings is 1. The van der Waals surface area contributed by atoms with Gasteiger partial charge < -0.3 is 31.3 Å². The minimum Gasteiger partial charge on any atom is -0.496 e. The van der Waals surface area contributed by atoms with Crippen molar-refractivity contribution in [1.82, 2.24) is 10.3 Å². The lowest BCUT2D eigenvalue weighted by Gasteiger charge is -2.06. The highest BCUT2D eigenvalue weighted by atomic mass is 32.1. The Morgan fingerprint density at radius 1 is 1.28 bits per heavy atom. The molecule has 0 radical (unpaired) electrons. The first-order chi connectivity index (χ1) is 14.0. The third kappa shape index (κ3) is 5.72. The number of aliphatic imine (C=N–C) groups is 1. The molecule has 2 aromatic heterocycles. The Morgan fingerprint density at radius 2 is 2.10 bits per heavy atom. The fourth-order valence-corrected chi connectivity index (χ4v) is 3.29. The van der Waals surface area contributed by atoms with Crippen molar-refractivity contribution < 1.29 is 13.9 Å². The normalized spacial score (nSPS) is 11.3. The smallest absolute Gasteiger partial charge is 0.312 e. The molecule has 2 heterocycles. The summed E-state index contributed by atoms with van der Waals surface area (Å²) in [5.74, 6) is 2.29. The van der Waals surface area contributed by atoms with Crippen molar-refractivity contribution in [3.8, 4) is 17.2 Å². The van der Waals surface area contributed by atoms with E-state index >= 15 is 0 Å². The van der Waals surface area contributed by atoms with Crippen LogP contribution in [0.5, 0.6) is 5.75 Å². The molecule has 0 spiro atoms. The molecule has 6 N–H and O–H groups in total. The van der Waals surface area contributed by atoms with Gasteiger partial charge >= 0.3 is 6.03 Å². The first-order valence-corrected chi connectivity index (χ1v) is 9.70. The summed E-state index contributed by atoms with van der Waals surface area (Å²) in [6, 6.07) is 10.7. The number of furan rings is 1. The standard InChI is InChI=1S/C19H22N6O3S/c1-27-15-5-3-2-4-12(15)8-9-22-17(20)25-19-24-14(11-29-19)16-7-6-13(28-16)10-23-18(21)26/h2-7,11H,8-10H2,1H3,(H3,21,23,26)(H3,20,22,24,25). The van der Waals surface area contributed by atoms with Gasteiger partial charge in [0.25, 0.3) is 0 Å². The third-order valence-corrected chi connectivity index (χ3v) is 4.70. The van der Waals surface area contributed by atoms with Crippen LogP contribution in [0.15, 0.2) is 51.2 Å². The largest absolute Gasteiger partial charge is 0.496 e. The Bertz CT molecular complexity index is 997. The number of carbonyl (C=O) groups excluding carboxylic acids is 1. The number of carbonyl (C=O) groups is 1. The van der Waals surface area contributed by atoms with Gasteiger partial charge in [-0.05, 0) is 30.2 Å². The molecule has 0 aliphatic heterocycles. The second kappa shape index (κ2) is 9.60. The molecule has 10 heteroatoms. The average Bonchev–Trinajstić information content (AvgIpc) is 3.36. The Kier molecular flexibility index (Phi) is 6.69. The number of anilines is 1. The number of nitrogens with two attached hydrogens (primary N) is 2. The lowest BCUT2D eigenvalue weighted by molar-refractivity contribution is 0.247. The Hall–Kier alpha value is -3.53. The molecule has 152 valence electrons. The maximum absolute atomic E-state index is 10.8. The number of nitrogens with one attached hydrogen (secondary N) is 2. The van der Waals surface area contributed by atoms with Crippen molar-refractivity contribution in [2.24, 2.45) is 16.5 Å². The lowest BCUT2D eigenvalue weighted by Crippen LogP contribution is -2.28. The van der Waals surface area contributed by atoms with E-state index in [2.05, 4.69) is 20.6 Å². The number of methoxy groups -OCH3 is 1. The zero-order chi connectivity index (χ0) is 20.6. The van der Waals surface area contributed by atoms with Gasteiger partial charge in [-0.15, -0.1) is 11.3 Å². The molecular formula is C19H22N6O3S. The highest BCUT2D eigenvalue weighted by Gasteiger charge is 2.10. The molecule has 0 saturated heterocycles. The molecule has 3 aromatic rings. The molecule has 0 unspecified atom stereocenters. The molecule has 1 aromatic carbocycles. The molecular weight excluding hydrogens is 392 g/mol. The molecule has 9 nitrogen and oxygen atoms in total. The van der Waals surface area contributed by atoms with Crippen LogP contribution in [-0.2, 0) is 13.0 Å². The summed E-state index contributed by atoms with van der Waals surface area (Å²) >= 11 is 1.38. The van der Waals surface area contributed by atoms with E-state index in [1.807, 2.05) is 29.6 Å². The summed E-state index contributed by atoms with van der Waals surface area (Å²) in [4.78, 5) is 19.5. The fraction of sp³-hybridized carbons (Fsp3) is 0.211. The highest BCUT2D eigenvalue weighted by Crippen LogP contribution is 2.26. The summed E-state index contributed by atoms with van der Waals surface area (Å²) < 4.78 is 11.0. The van der Waals surface area contributed by atoms with Crippen molar-refractivity contribution in [2.45, 2.75) is 13.0 Å². The van der Waals surface area contributed by atoms with Crippen LogP contribution in [0.4, 0.5) is 9.93 Å². The van der Waals surface area contributed by atoms with E-state index in [-0.39, 0.29) is 12.5 Å².